The standard InChI is InChI=1S/C15H21N/c1-2-3-4-11-16-12-13-5-7-14(8-6-13)15-9-10-15/h2-3,5-8,15-16H,4,9-12H2,1H3/b3-2+. The number of hydrogen-bond donors (Lipinski definition) is 1. The molecule has 0 spiro atoms. The maximum Gasteiger partial charge on any atom is 0.0205 e. The van der Waals surface area contributed by atoms with E-state index in [1.165, 1.54) is 24.0 Å². The molecule has 1 nitrogen and oxygen atoms in total. The molecule has 86 valence electrons. The topological polar surface area (TPSA) is 12.0 Å². The fourth-order valence-electron chi connectivity index (χ4n) is 1.91. The van der Waals surface area contributed by atoms with Gasteiger partial charge in [-0.3, -0.25) is 0 Å². The van der Waals surface area contributed by atoms with E-state index in [4.69, 9.17) is 0 Å². The van der Waals surface area contributed by atoms with Crippen LogP contribution in [0.15, 0.2) is 36.4 Å². The lowest BCUT2D eigenvalue weighted by Crippen LogP contribution is -2.13. The Hall–Kier alpha value is -1.08. The SMILES string of the molecule is C/C=C/CCNCc1ccc(C2CC2)cc1. The van der Waals surface area contributed by atoms with Crippen LogP contribution >= 0.6 is 0 Å². The van der Waals surface area contributed by atoms with Gasteiger partial charge in [-0.1, -0.05) is 36.4 Å². The van der Waals surface area contributed by atoms with Crippen molar-refractivity contribution in [3.63, 3.8) is 0 Å². The minimum Gasteiger partial charge on any atom is -0.312 e. The number of hydrogen-bond acceptors (Lipinski definition) is 1. The molecule has 1 heteroatoms. The predicted octanol–water partition coefficient (Wildman–Crippen LogP) is 3.62. The molecule has 1 fully saturated rings. The summed E-state index contributed by atoms with van der Waals surface area (Å²) in [7, 11) is 0. The van der Waals surface area contributed by atoms with E-state index >= 15 is 0 Å². The van der Waals surface area contributed by atoms with Crippen LogP contribution in [0.5, 0.6) is 0 Å². The molecule has 0 radical (unpaired) electrons. The zero-order valence-electron chi connectivity index (χ0n) is 10.1. The van der Waals surface area contributed by atoms with Gasteiger partial charge >= 0.3 is 0 Å². The Balaban J connectivity index is 1.72. The zero-order valence-corrected chi connectivity index (χ0v) is 10.1. The van der Waals surface area contributed by atoms with E-state index in [1.54, 1.807) is 0 Å². The number of nitrogens with one attached hydrogen (secondary N) is 1. The first-order valence-corrected chi connectivity index (χ1v) is 6.31. The van der Waals surface area contributed by atoms with Crippen LogP contribution in [0.25, 0.3) is 0 Å². The highest BCUT2D eigenvalue weighted by Crippen LogP contribution is 2.39. The molecule has 0 unspecified atom stereocenters. The Morgan fingerprint density at radius 2 is 2.00 bits per heavy atom. The van der Waals surface area contributed by atoms with Crippen molar-refractivity contribution >= 4 is 0 Å². The van der Waals surface area contributed by atoms with Crippen molar-refractivity contribution in [1.82, 2.24) is 5.32 Å². The normalized spacial score (nSPS) is 15.8. The first-order valence-electron chi connectivity index (χ1n) is 6.31. The van der Waals surface area contributed by atoms with Crippen LogP contribution in [0.1, 0.15) is 43.2 Å². The van der Waals surface area contributed by atoms with Crippen molar-refractivity contribution in [2.75, 3.05) is 6.54 Å². The predicted molar refractivity (Wildman–Crippen MR) is 69.6 cm³/mol. The molecule has 0 atom stereocenters. The molecule has 1 aliphatic carbocycles. The lowest BCUT2D eigenvalue weighted by Gasteiger charge is -2.04. The van der Waals surface area contributed by atoms with E-state index in [1.807, 2.05) is 0 Å². The van der Waals surface area contributed by atoms with Gasteiger partial charge in [-0.05, 0) is 49.8 Å². The van der Waals surface area contributed by atoms with Crippen LogP contribution in [-0.2, 0) is 6.54 Å². The maximum atomic E-state index is 3.45. The average Bonchev–Trinajstić information content (AvgIpc) is 3.14. The largest absolute Gasteiger partial charge is 0.312 e. The van der Waals surface area contributed by atoms with E-state index in [-0.39, 0.29) is 0 Å². The molecule has 16 heavy (non-hydrogen) atoms. The fraction of sp³-hybridized carbons (Fsp3) is 0.467. The smallest absolute Gasteiger partial charge is 0.0205 e. The first kappa shape index (κ1) is 11.4. The third-order valence-electron chi connectivity index (χ3n) is 3.08. The molecule has 1 aliphatic rings. The van der Waals surface area contributed by atoms with Crippen LogP contribution < -0.4 is 5.32 Å². The molecular weight excluding hydrogens is 194 g/mol. The van der Waals surface area contributed by atoms with Gasteiger partial charge in [0.25, 0.3) is 0 Å². The molecule has 0 aromatic heterocycles. The molecule has 0 aliphatic heterocycles. The van der Waals surface area contributed by atoms with Crippen molar-refractivity contribution in [3.05, 3.63) is 47.5 Å². The Kier molecular flexibility index (Phi) is 4.17. The third kappa shape index (κ3) is 3.49. The van der Waals surface area contributed by atoms with E-state index in [9.17, 15) is 0 Å². The van der Waals surface area contributed by atoms with Gasteiger partial charge < -0.3 is 5.32 Å². The first-order chi connectivity index (χ1) is 7.90. The van der Waals surface area contributed by atoms with Gasteiger partial charge in [-0.15, -0.1) is 0 Å². The van der Waals surface area contributed by atoms with Crippen molar-refractivity contribution in [3.8, 4) is 0 Å². The van der Waals surface area contributed by atoms with Crippen LogP contribution in [-0.4, -0.2) is 6.54 Å². The summed E-state index contributed by atoms with van der Waals surface area (Å²) in [5.41, 5.74) is 2.92. The van der Waals surface area contributed by atoms with Gasteiger partial charge in [0.1, 0.15) is 0 Å². The van der Waals surface area contributed by atoms with Crippen molar-refractivity contribution in [2.45, 2.75) is 38.6 Å². The van der Waals surface area contributed by atoms with Crippen LogP contribution in [0.4, 0.5) is 0 Å². The lowest BCUT2D eigenvalue weighted by molar-refractivity contribution is 0.695. The number of rotatable bonds is 6. The minimum absolute atomic E-state index is 0.872. The van der Waals surface area contributed by atoms with Gasteiger partial charge in [0.05, 0.1) is 0 Å². The Labute approximate surface area is 98.6 Å². The molecule has 0 heterocycles. The lowest BCUT2D eigenvalue weighted by atomic mass is 10.1. The zero-order chi connectivity index (χ0) is 11.2. The quantitative estimate of drug-likeness (QED) is 0.564. The highest BCUT2D eigenvalue weighted by Gasteiger charge is 2.22. The Morgan fingerprint density at radius 3 is 2.62 bits per heavy atom. The summed E-state index contributed by atoms with van der Waals surface area (Å²) in [6.45, 7) is 4.12. The van der Waals surface area contributed by atoms with Gasteiger partial charge in [-0.2, -0.15) is 0 Å². The second kappa shape index (κ2) is 5.86. The summed E-state index contributed by atoms with van der Waals surface area (Å²) in [6.07, 6.45) is 8.20. The van der Waals surface area contributed by atoms with Gasteiger partial charge in [0.2, 0.25) is 0 Å². The molecule has 2 rings (SSSR count). The monoisotopic (exact) mass is 215 g/mol. The molecule has 1 aromatic carbocycles. The van der Waals surface area contributed by atoms with Crippen LogP contribution in [0.2, 0.25) is 0 Å². The second-order valence-electron chi connectivity index (χ2n) is 4.55. The summed E-state index contributed by atoms with van der Waals surface area (Å²) < 4.78 is 0. The summed E-state index contributed by atoms with van der Waals surface area (Å²) >= 11 is 0. The maximum absolute atomic E-state index is 3.45. The average molecular weight is 215 g/mol. The van der Waals surface area contributed by atoms with E-state index in [0.29, 0.717) is 0 Å². The molecule has 1 aromatic rings. The Bertz CT molecular complexity index is 333. The highest BCUT2D eigenvalue weighted by molar-refractivity contribution is 5.27. The van der Waals surface area contributed by atoms with E-state index in [0.717, 1.165) is 25.4 Å². The van der Waals surface area contributed by atoms with Gasteiger partial charge in [-0.25, -0.2) is 0 Å². The third-order valence-corrected chi connectivity index (χ3v) is 3.08. The summed E-state index contributed by atoms with van der Waals surface area (Å²) in [5, 5.41) is 3.45. The summed E-state index contributed by atoms with van der Waals surface area (Å²) in [6, 6.07) is 9.11. The van der Waals surface area contributed by atoms with Crippen molar-refractivity contribution < 1.29 is 0 Å². The van der Waals surface area contributed by atoms with Crippen LogP contribution in [0, 0.1) is 0 Å². The molecular formula is C15H21N. The molecule has 0 saturated heterocycles. The van der Waals surface area contributed by atoms with E-state index < -0.39 is 0 Å². The molecule has 1 saturated carbocycles. The molecule has 0 bridgehead atoms. The van der Waals surface area contributed by atoms with E-state index in [2.05, 4.69) is 48.7 Å². The summed E-state index contributed by atoms with van der Waals surface area (Å²) in [4.78, 5) is 0. The second-order valence-corrected chi connectivity index (χ2v) is 4.55. The van der Waals surface area contributed by atoms with Gasteiger partial charge in [0.15, 0.2) is 0 Å². The molecule has 0 amide bonds. The van der Waals surface area contributed by atoms with Crippen molar-refractivity contribution in [2.24, 2.45) is 0 Å². The Morgan fingerprint density at radius 1 is 1.25 bits per heavy atom. The number of allylic oxidation sites excluding steroid dienone is 1. The summed E-state index contributed by atoms with van der Waals surface area (Å²) in [5.74, 6) is 0.872. The van der Waals surface area contributed by atoms with Crippen molar-refractivity contribution in [1.29, 1.82) is 0 Å². The highest BCUT2D eigenvalue weighted by atomic mass is 14.8. The van der Waals surface area contributed by atoms with Crippen LogP contribution in [0.3, 0.4) is 0 Å². The fourth-order valence-corrected chi connectivity index (χ4v) is 1.91. The number of benzene rings is 1. The van der Waals surface area contributed by atoms with Gasteiger partial charge in [0, 0.05) is 6.54 Å². The molecule has 1 N–H and O–H groups in total. The minimum atomic E-state index is 0.872.